The van der Waals surface area contributed by atoms with Gasteiger partial charge in [-0.25, -0.2) is 0 Å². The predicted octanol–water partition coefficient (Wildman–Crippen LogP) is 0.181. The van der Waals surface area contributed by atoms with E-state index in [9.17, 15) is 15.2 Å². The Labute approximate surface area is 105 Å². The Morgan fingerprint density at radius 1 is 1.39 bits per heavy atom. The largest absolute Gasteiger partial charge is 0.396 e. The van der Waals surface area contributed by atoms with Crippen molar-refractivity contribution in [2.45, 2.75) is 44.3 Å². The minimum absolute atomic E-state index is 0.166. The van der Waals surface area contributed by atoms with Crippen molar-refractivity contribution < 1.29 is 24.2 Å². The topological polar surface area (TPSA) is 91.1 Å². The van der Waals surface area contributed by atoms with Crippen LogP contribution in [0.25, 0.3) is 0 Å². The molecule has 18 heavy (non-hydrogen) atoms. The molecule has 0 unspecified atom stereocenters. The van der Waals surface area contributed by atoms with E-state index in [1.807, 2.05) is 0 Å². The van der Waals surface area contributed by atoms with Gasteiger partial charge in [-0.05, 0) is 13.8 Å². The molecule has 0 aliphatic carbocycles. The molecule has 1 N–H and O–H groups in total. The second-order valence-corrected chi connectivity index (χ2v) is 5.48. The van der Waals surface area contributed by atoms with Crippen LogP contribution in [0.1, 0.15) is 20.8 Å². The smallest absolute Gasteiger partial charge is 0.254 e. The minimum Gasteiger partial charge on any atom is -0.396 e. The van der Waals surface area contributed by atoms with Crippen molar-refractivity contribution in [3.05, 3.63) is 10.1 Å². The van der Waals surface area contributed by atoms with E-state index >= 15 is 0 Å². The normalized spacial score (nSPS) is 43.2. The summed E-state index contributed by atoms with van der Waals surface area (Å²) in [6.07, 6.45) is -1.18. The first-order valence-corrected chi connectivity index (χ1v) is 6.00. The highest BCUT2D eigenvalue weighted by atomic mass is 16.8. The summed E-state index contributed by atoms with van der Waals surface area (Å²) in [4.78, 5) is 11.0. The lowest BCUT2D eigenvalue weighted by molar-refractivity contribution is -0.581. The molecule has 0 saturated carbocycles. The molecule has 7 heteroatoms. The van der Waals surface area contributed by atoms with E-state index in [0.717, 1.165) is 0 Å². The van der Waals surface area contributed by atoms with Crippen LogP contribution in [0.2, 0.25) is 0 Å². The zero-order valence-electron chi connectivity index (χ0n) is 10.8. The maximum Gasteiger partial charge on any atom is 0.254 e. The number of rotatable bonds is 3. The van der Waals surface area contributed by atoms with Crippen molar-refractivity contribution in [2.75, 3.05) is 19.8 Å². The molecule has 2 heterocycles. The van der Waals surface area contributed by atoms with Gasteiger partial charge in [0.15, 0.2) is 11.9 Å². The molecule has 2 aliphatic rings. The zero-order chi connectivity index (χ0) is 13.6. The van der Waals surface area contributed by atoms with E-state index in [2.05, 4.69) is 0 Å². The van der Waals surface area contributed by atoms with E-state index in [0.29, 0.717) is 0 Å². The number of aliphatic hydroxyl groups is 1. The zero-order valence-corrected chi connectivity index (χ0v) is 10.8. The summed E-state index contributed by atoms with van der Waals surface area (Å²) >= 11 is 0. The van der Waals surface area contributed by atoms with Crippen LogP contribution in [0, 0.1) is 16.0 Å². The van der Waals surface area contributed by atoms with Crippen LogP contribution in [-0.2, 0) is 14.2 Å². The van der Waals surface area contributed by atoms with Crippen LogP contribution in [-0.4, -0.2) is 53.4 Å². The average Bonchev–Trinajstić information content (AvgIpc) is 2.79. The van der Waals surface area contributed by atoms with Gasteiger partial charge in [-0.2, -0.15) is 0 Å². The highest BCUT2D eigenvalue weighted by Crippen LogP contribution is 2.39. The molecule has 7 nitrogen and oxygen atoms in total. The standard InChI is InChI=1S/C11H19NO6/c1-10(2)17-6-8(18-10)9-11(3,12(14)15)7(4-13)5-16-9/h7-9,13H,4-6H2,1-3H3/t7-,8+,9-,11+/m0/s1. The molecule has 0 aromatic rings. The molecular formula is C11H19NO6. The fourth-order valence-electron chi connectivity index (χ4n) is 2.63. The van der Waals surface area contributed by atoms with E-state index in [-0.39, 0.29) is 24.7 Å². The summed E-state index contributed by atoms with van der Waals surface area (Å²) in [5.74, 6) is -1.27. The first-order valence-electron chi connectivity index (χ1n) is 6.00. The van der Waals surface area contributed by atoms with Crippen molar-refractivity contribution in [1.82, 2.24) is 0 Å². The van der Waals surface area contributed by atoms with Gasteiger partial charge < -0.3 is 19.3 Å². The predicted molar refractivity (Wildman–Crippen MR) is 60.6 cm³/mol. The van der Waals surface area contributed by atoms with Crippen molar-refractivity contribution in [3.8, 4) is 0 Å². The van der Waals surface area contributed by atoms with Crippen LogP contribution >= 0.6 is 0 Å². The molecule has 0 amide bonds. The van der Waals surface area contributed by atoms with Gasteiger partial charge in [0, 0.05) is 11.8 Å². The number of nitrogens with zero attached hydrogens (tertiary/aromatic N) is 1. The van der Waals surface area contributed by atoms with Gasteiger partial charge in [0.2, 0.25) is 0 Å². The molecule has 2 saturated heterocycles. The lowest BCUT2D eigenvalue weighted by Gasteiger charge is -2.29. The van der Waals surface area contributed by atoms with Crippen molar-refractivity contribution in [2.24, 2.45) is 5.92 Å². The third-order valence-electron chi connectivity index (χ3n) is 3.86. The summed E-state index contributed by atoms with van der Waals surface area (Å²) in [5, 5.41) is 20.6. The van der Waals surface area contributed by atoms with Crippen LogP contribution in [0.3, 0.4) is 0 Å². The van der Waals surface area contributed by atoms with Crippen LogP contribution in [0.15, 0.2) is 0 Å². The second kappa shape index (κ2) is 4.41. The number of hydrogen-bond acceptors (Lipinski definition) is 6. The molecule has 2 rings (SSSR count). The molecule has 104 valence electrons. The average molecular weight is 261 g/mol. The first kappa shape index (κ1) is 13.7. The summed E-state index contributed by atoms with van der Waals surface area (Å²) in [6, 6.07) is 0. The van der Waals surface area contributed by atoms with E-state index in [1.54, 1.807) is 13.8 Å². The van der Waals surface area contributed by atoms with E-state index in [1.165, 1.54) is 6.92 Å². The Bertz CT molecular complexity index is 346. The molecular weight excluding hydrogens is 242 g/mol. The monoisotopic (exact) mass is 261 g/mol. The Kier molecular flexibility index (Phi) is 3.35. The molecule has 0 aromatic heterocycles. The highest BCUT2D eigenvalue weighted by molar-refractivity contribution is 5.00. The van der Waals surface area contributed by atoms with Gasteiger partial charge in [0.05, 0.1) is 25.7 Å². The number of hydrogen-bond donors (Lipinski definition) is 1. The minimum atomic E-state index is -1.34. The van der Waals surface area contributed by atoms with E-state index < -0.39 is 29.5 Å². The Morgan fingerprint density at radius 2 is 2.06 bits per heavy atom. The summed E-state index contributed by atoms with van der Waals surface area (Å²) in [7, 11) is 0. The van der Waals surface area contributed by atoms with Gasteiger partial charge in [0.25, 0.3) is 5.54 Å². The van der Waals surface area contributed by atoms with Gasteiger partial charge in [0.1, 0.15) is 6.10 Å². The molecule has 2 aliphatic heterocycles. The number of nitro groups is 1. The molecule has 0 spiro atoms. The van der Waals surface area contributed by atoms with Crippen molar-refractivity contribution in [1.29, 1.82) is 0 Å². The maximum atomic E-state index is 11.3. The Balaban J connectivity index is 2.20. The summed E-state index contributed by atoms with van der Waals surface area (Å²) < 4.78 is 16.6. The molecule has 0 radical (unpaired) electrons. The second-order valence-electron chi connectivity index (χ2n) is 5.48. The highest BCUT2D eigenvalue weighted by Gasteiger charge is 2.62. The fourth-order valence-corrected chi connectivity index (χ4v) is 2.63. The Morgan fingerprint density at radius 3 is 2.50 bits per heavy atom. The number of ether oxygens (including phenoxy) is 3. The molecule has 0 aromatic carbocycles. The third kappa shape index (κ3) is 2.01. The quantitative estimate of drug-likeness (QED) is 0.575. The summed E-state index contributed by atoms with van der Waals surface area (Å²) in [5.41, 5.74) is -1.34. The first-order chi connectivity index (χ1) is 8.31. The van der Waals surface area contributed by atoms with Gasteiger partial charge >= 0.3 is 0 Å². The number of aliphatic hydroxyl groups excluding tert-OH is 1. The lowest BCUT2D eigenvalue weighted by Crippen LogP contribution is -2.54. The van der Waals surface area contributed by atoms with Crippen molar-refractivity contribution in [3.63, 3.8) is 0 Å². The van der Waals surface area contributed by atoms with Gasteiger partial charge in [-0.1, -0.05) is 0 Å². The lowest BCUT2D eigenvalue weighted by atomic mass is 9.82. The Hall–Kier alpha value is -0.760. The molecule has 0 bridgehead atoms. The van der Waals surface area contributed by atoms with Gasteiger partial charge in [-0.3, -0.25) is 10.1 Å². The van der Waals surface area contributed by atoms with Crippen LogP contribution in [0.5, 0.6) is 0 Å². The SMILES string of the molecule is CC1(C)OC[C@H]([C@@H]2OC[C@H](CO)[C@@]2(C)[N+](=O)[O-])O1. The molecule has 4 atom stereocenters. The van der Waals surface area contributed by atoms with Crippen molar-refractivity contribution >= 4 is 0 Å². The summed E-state index contributed by atoms with van der Waals surface area (Å²) in [6.45, 7) is 5.17. The molecule has 2 fully saturated rings. The maximum absolute atomic E-state index is 11.3. The third-order valence-corrected chi connectivity index (χ3v) is 3.86. The van der Waals surface area contributed by atoms with Crippen LogP contribution in [0.4, 0.5) is 0 Å². The fraction of sp³-hybridized carbons (Fsp3) is 1.00. The van der Waals surface area contributed by atoms with Gasteiger partial charge in [-0.15, -0.1) is 0 Å². The van der Waals surface area contributed by atoms with E-state index in [4.69, 9.17) is 14.2 Å². The van der Waals surface area contributed by atoms with Crippen LogP contribution < -0.4 is 0 Å².